The fourth-order valence-electron chi connectivity index (χ4n) is 7.32. The molecule has 6 rings (SSSR count). The molecule has 4 amide bonds. The molecule has 3 atom stereocenters. The number of aliphatic hydroxyl groups excluding tert-OH is 1. The van der Waals surface area contributed by atoms with Gasteiger partial charge in [0.1, 0.15) is 24.0 Å². The summed E-state index contributed by atoms with van der Waals surface area (Å²) in [6.07, 6.45) is 3.36. The average molecular weight is 650 g/mol. The number of ether oxygens (including phenoxy) is 1. The van der Waals surface area contributed by atoms with Crippen LogP contribution in [0.1, 0.15) is 70.4 Å². The van der Waals surface area contributed by atoms with Crippen molar-refractivity contribution >= 4 is 23.6 Å². The Balaban J connectivity index is 1.60. The molecule has 248 valence electrons. The molecular weight excluding hydrogens is 610 g/mol. The van der Waals surface area contributed by atoms with Gasteiger partial charge < -0.3 is 19.8 Å². The Morgan fingerprint density at radius 3 is 1.98 bits per heavy atom. The second-order valence-electron chi connectivity index (χ2n) is 12.8. The number of imide groups is 2. The fraction of sp³-hybridized carbons (Fsp3) is 0.316. The van der Waals surface area contributed by atoms with Gasteiger partial charge in [0, 0.05) is 17.1 Å². The molecule has 3 heterocycles. The molecule has 3 aromatic carbocycles. The maximum Gasteiger partial charge on any atom is 0.258 e. The number of likely N-dealkylation sites (tertiary alicyclic amines) is 1. The molecule has 1 fully saturated rings. The smallest absolute Gasteiger partial charge is 0.258 e. The molecule has 48 heavy (non-hydrogen) atoms. The monoisotopic (exact) mass is 649 g/mol. The van der Waals surface area contributed by atoms with Crippen molar-refractivity contribution < 1.29 is 39.0 Å². The van der Waals surface area contributed by atoms with Crippen LogP contribution in [0.2, 0.25) is 0 Å². The van der Waals surface area contributed by atoms with Crippen LogP contribution in [0.5, 0.6) is 5.75 Å². The number of rotatable bonds is 8. The molecular formula is C38H39N3O7. The number of aryl methyl sites for hydroxylation is 2. The molecule has 3 aliphatic rings. The minimum absolute atomic E-state index is 0.305. The van der Waals surface area contributed by atoms with E-state index in [1.165, 1.54) is 11.3 Å². The van der Waals surface area contributed by atoms with Crippen LogP contribution in [-0.4, -0.2) is 48.9 Å². The van der Waals surface area contributed by atoms with Crippen LogP contribution in [0.25, 0.3) is 0 Å². The van der Waals surface area contributed by atoms with Gasteiger partial charge in [-0.2, -0.15) is 0 Å². The van der Waals surface area contributed by atoms with Crippen LogP contribution in [0.3, 0.4) is 0 Å². The zero-order valence-electron chi connectivity index (χ0n) is 27.2. The van der Waals surface area contributed by atoms with Gasteiger partial charge in [0.2, 0.25) is 11.8 Å². The molecule has 10 nitrogen and oxygen atoms in total. The molecule has 0 saturated carbocycles. The van der Waals surface area contributed by atoms with Crippen molar-refractivity contribution in [2.45, 2.75) is 57.4 Å². The highest BCUT2D eigenvalue weighted by Gasteiger charge is 2.45. The van der Waals surface area contributed by atoms with E-state index in [2.05, 4.69) is 10.6 Å². The molecule has 3 aliphatic heterocycles. The normalized spacial score (nSPS) is 21.2. The maximum absolute atomic E-state index is 14.5. The third kappa shape index (κ3) is 5.99. The second kappa shape index (κ2) is 13.5. The summed E-state index contributed by atoms with van der Waals surface area (Å²) in [7, 11) is 1.56. The van der Waals surface area contributed by atoms with Gasteiger partial charge in [-0.05, 0) is 73.1 Å². The zero-order chi connectivity index (χ0) is 34.1. The first-order chi connectivity index (χ1) is 23.1. The van der Waals surface area contributed by atoms with E-state index in [4.69, 9.17) is 4.74 Å². The van der Waals surface area contributed by atoms with E-state index in [9.17, 15) is 29.4 Å². The first kappa shape index (κ1) is 32.7. The molecule has 1 saturated heterocycles. The van der Waals surface area contributed by atoms with Gasteiger partial charge in [-0.3, -0.25) is 29.8 Å². The van der Waals surface area contributed by atoms with Crippen LogP contribution < -0.4 is 25.4 Å². The molecule has 0 radical (unpaired) electrons. The SMILES string of the molecule is COc1ccc(C(C2=C([O-])C(c3ccccc3C)C(=O)NC2=O)C2=C(O)C(c3ccccc3C)C(=O)NC2=O)cc1C[NH+]1CCCCC1. The van der Waals surface area contributed by atoms with Gasteiger partial charge >= 0.3 is 0 Å². The summed E-state index contributed by atoms with van der Waals surface area (Å²) < 4.78 is 5.70. The molecule has 10 heteroatoms. The van der Waals surface area contributed by atoms with Crippen molar-refractivity contribution in [2.75, 3.05) is 20.2 Å². The summed E-state index contributed by atoms with van der Waals surface area (Å²) in [5.41, 5.74) is 2.76. The van der Waals surface area contributed by atoms with Crippen molar-refractivity contribution in [3.8, 4) is 5.75 Å². The average Bonchev–Trinajstić information content (AvgIpc) is 3.06. The number of hydrogen-bond donors (Lipinski definition) is 4. The largest absolute Gasteiger partial charge is 0.874 e. The van der Waals surface area contributed by atoms with Gasteiger partial charge in [-0.1, -0.05) is 54.6 Å². The number of carbonyl (C=O) groups is 4. The minimum atomic E-state index is -1.42. The Labute approximate surface area is 279 Å². The van der Waals surface area contributed by atoms with E-state index in [-0.39, 0.29) is 11.1 Å². The van der Waals surface area contributed by atoms with Gasteiger partial charge in [0.25, 0.3) is 11.8 Å². The molecule has 0 aliphatic carbocycles. The molecule has 3 aromatic rings. The van der Waals surface area contributed by atoms with Crippen LogP contribution in [0, 0.1) is 13.8 Å². The first-order valence-corrected chi connectivity index (χ1v) is 16.3. The number of methoxy groups -OCH3 is 1. The highest BCUT2D eigenvalue weighted by molar-refractivity contribution is 6.16. The van der Waals surface area contributed by atoms with E-state index >= 15 is 0 Å². The lowest BCUT2D eigenvalue weighted by Crippen LogP contribution is -3.11. The van der Waals surface area contributed by atoms with Gasteiger partial charge in [-0.25, -0.2) is 0 Å². The quantitative estimate of drug-likeness (QED) is 0.274. The molecule has 3 unspecified atom stereocenters. The highest BCUT2D eigenvalue weighted by Crippen LogP contribution is 2.44. The van der Waals surface area contributed by atoms with Crippen molar-refractivity contribution in [1.82, 2.24) is 10.6 Å². The summed E-state index contributed by atoms with van der Waals surface area (Å²) in [5, 5.41) is 31.2. The summed E-state index contributed by atoms with van der Waals surface area (Å²) in [6.45, 7) is 6.11. The zero-order valence-corrected chi connectivity index (χ0v) is 27.2. The number of piperidine rings is 1. The standard InChI is InChI=1S/C38H39N3O7/c1-21-11-5-7-13-25(21)29-33(42)31(37(46)39-35(29)44)28(23-15-16-27(48-3)24(19-23)20-41-17-9-4-10-18-41)32-34(43)30(36(45)40-38(32)47)26-14-8-6-12-22(26)2/h5-8,11-16,19,28-30,42-43H,4,9-10,17-18,20H2,1-3H3,(H,39,44,46)(H,40,45,47). The number of benzene rings is 3. The highest BCUT2D eigenvalue weighted by atomic mass is 16.5. The van der Waals surface area contributed by atoms with Crippen molar-refractivity contribution in [1.29, 1.82) is 0 Å². The van der Waals surface area contributed by atoms with E-state index < -0.39 is 52.9 Å². The molecule has 0 aromatic heterocycles. The van der Waals surface area contributed by atoms with Gasteiger partial charge in [0.15, 0.2) is 0 Å². The van der Waals surface area contributed by atoms with E-state index in [0.29, 0.717) is 40.1 Å². The lowest BCUT2D eigenvalue weighted by molar-refractivity contribution is -0.918. The summed E-state index contributed by atoms with van der Waals surface area (Å²) in [5.74, 6) is -8.17. The lowest BCUT2D eigenvalue weighted by atomic mass is 9.74. The summed E-state index contributed by atoms with van der Waals surface area (Å²) in [4.78, 5) is 55.6. The van der Waals surface area contributed by atoms with Crippen molar-refractivity contribution in [2.24, 2.45) is 0 Å². The summed E-state index contributed by atoms with van der Waals surface area (Å²) >= 11 is 0. The van der Waals surface area contributed by atoms with Gasteiger partial charge in [0.05, 0.1) is 31.7 Å². The second-order valence-corrected chi connectivity index (χ2v) is 12.8. The maximum atomic E-state index is 14.5. The summed E-state index contributed by atoms with van der Waals surface area (Å²) in [6, 6.07) is 19.1. The number of carbonyl (C=O) groups excluding carboxylic acids is 4. The number of hydrogen-bond acceptors (Lipinski definition) is 7. The van der Waals surface area contributed by atoms with E-state index in [0.717, 1.165) is 31.5 Å². The number of amides is 4. The van der Waals surface area contributed by atoms with Crippen LogP contribution in [0.4, 0.5) is 0 Å². The van der Waals surface area contributed by atoms with Gasteiger partial charge in [-0.15, -0.1) is 5.76 Å². The van der Waals surface area contributed by atoms with E-state index in [1.54, 1.807) is 87.7 Å². The Kier molecular flexibility index (Phi) is 9.19. The molecule has 0 bridgehead atoms. The minimum Gasteiger partial charge on any atom is -0.874 e. The predicted molar refractivity (Wildman–Crippen MR) is 175 cm³/mol. The Bertz CT molecular complexity index is 1770. The number of aliphatic hydroxyl groups is 1. The number of quaternary nitrogens is 1. The Hall–Kier alpha value is -5.22. The lowest BCUT2D eigenvalue weighted by Gasteiger charge is -2.37. The third-order valence-corrected chi connectivity index (χ3v) is 9.78. The Morgan fingerprint density at radius 1 is 0.812 bits per heavy atom. The Morgan fingerprint density at radius 2 is 1.38 bits per heavy atom. The van der Waals surface area contributed by atoms with Crippen molar-refractivity contribution in [3.63, 3.8) is 0 Å². The third-order valence-electron chi connectivity index (χ3n) is 9.78. The first-order valence-electron chi connectivity index (χ1n) is 16.3. The van der Waals surface area contributed by atoms with Crippen LogP contribution >= 0.6 is 0 Å². The fourth-order valence-corrected chi connectivity index (χ4v) is 7.32. The predicted octanol–water partition coefficient (Wildman–Crippen LogP) is 2.27. The van der Waals surface area contributed by atoms with Crippen LogP contribution in [0.15, 0.2) is 89.4 Å². The van der Waals surface area contributed by atoms with Crippen LogP contribution in [-0.2, 0) is 25.7 Å². The topological polar surface area (TPSA) is 149 Å². The van der Waals surface area contributed by atoms with E-state index in [1.807, 2.05) is 0 Å². The molecule has 4 N–H and O–H groups in total. The molecule has 0 spiro atoms. The van der Waals surface area contributed by atoms with Crippen molar-refractivity contribution in [3.05, 3.63) is 123 Å². The number of nitrogens with one attached hydrogen (secondary N) is 3.